The first-order chi connectivity index (χ1) is 13.4. The van der Waals surface area contributed by atoms with Gasteiger partial charge in [-0.3, -0.25) is 0 Å². The molecule has 0 fully saturated rings. The zero-order chi connectivity index (χ0) is 19.7. The number of fused-ring (bicyclic) bond motifs is 1. The zero-order valence-electron chi connectivity index (χ0n) is 16.0. The van der Waals surface area contributed by atoms with Crippen LogP contribution < -0.4 is 10.6 Å². The summed E-state index contributed by atoms with van der Waals surface area (Å²) in [6, 6.07) is 13.8. The lowest BCUT2D eigenvalue weighted by Crippen LogP contribution is -2.42. The van der Waals surface area contributed by atoms with Gasteiger partial charge in [0.15, 0.2) is 5.11 Å². The third kappa shape index (κ3) is 3.89. The van der Waals surface area contributed by atoms with Crippen molar-refractivity contribution in [2.45, 2.75) is 26.3 Å². The average molecular weight is 391 g/mol. The molecule has 142 valence electrons. The molecule has 0 spiro atoms. The Morgan fingerprint density at radius 2 is 1.50 bits per heavy atom. The lowest BCUT2D eigenvalue weighted by Gasteiger charge is -2.23. The van der Waals surface area contributed by atoms with E-state index < -0.39 is 0 Å². The van der Waals surface area contributed by atoms with Gasteiger partial charge in [0.2, 0.25) is 0 Å². The molecule has 3 heterocycles. The minimum Gasteiger partial charge on any atom is -0.360 e. The topological polar surface area (TPSA) is 81.4 Å². The van der Waals surface area contributed by atoms with Gasteiger partial charge in [-0.15, -0.1) is 0 Å². The Kier molecular flexibility index (Phi) is 4.60. The number of aromatic nitrogens is 4. The van der Waals surface area contributed by atoms with E-state index >= 15 is 0 Å². The van der Waals surface area contributed by atoms with Gasteiger partial charge < -0.3 is 20.6 Å². The van der Waals surface area contributed by atoms with Gasteiger partial charge in [0, 0.05) is 23.6 Å². The van der Waals surface area contributed by atoms with Crippen molar-refractivity contribution in [3.05, 3.63) is 54.9 Å². The molecule has 3 aromatic heterocycles. The molecule has 4 aromatic rings. The minimum atomic E-state index is -0.105. The summed E-state index contributed by atoms with van der Waals surface area (Å²) in [5, 5.41) is 7.05. The standard InChI is InChI=1S/C21H22N6S/c1-21(2,3)27-20(28)24-13-8-9-14-17(12-13)26-19(16-7-5-11-23-16)18(25-14)15-6-4-10-22-15/h4-12,22-23H,1-3H3,(H2,24,27,28). The normalized spacial score (nSPS) is 11.5. The third-order valence-electron chi connectivity index (χ3n) is 4.12. The second-order valence-electron chi connectivity index (χ2n) is 7.62. The molecule has 4 rings (SSSR count). The molecule has 4 N–H and O–H groups in total. The van der Waals surface area contributed by atoms with Gasteiger partial charge in [-0.2, -0.15) is 0 Å². The predicted octanol–water partition coefficient (Wildman–Crippen LogP) is 4.70. The Hall–Kier alpha value is -3.19. The van der Waals surface area contributed by atoms with Crippen LogP contribution >= 0.6 is 12.2 Å². The molecular formula is C21H22N6S. The van der Waals surface area contributed by atoms with Crippen molar-refractivity contribution in [3.63, 3.8) is 0 Å². The number of H-pyrrole nitrogens is 2. The van der Waals surface area contributed by atoms with Crippen molar-refractivity contribution < 1.29 is 0 Å². The van der Waals surface area contributed by atoms with Crippen LogP contribution in [0, 0.1) is 0 Å². The Morgan fingerprint density at radius 1 is 0.893 bits per heavy atom. The first-order valence-corrected chi connectivity index (χ1v) is 9.48. The maximum atomic E-state index is 5.41. The van der Waals surface area contributed by atoms with E-state index in [-0.39, 0.29) is 5.54 Å². The second-order valence-corrected chi connectivity index (χ2v) is 8.03. The van der Waals surface area contributed by atoms with E-state index in [2.05, 4.69) is 41.4 Å². The Labute approximate surface area is 168 Å². The summed E-state index contributed by atoms with van der Waals surface area (Å²) in [6.45, 7) is 6.20. The molecule has 0 aliphatic rings. The van der Waals surface area contributed by atoms with Crippen molar-refractivity contribution in [1.29, 1.82) is 0 Å². The van der Waals surface area contributed by atoms with Crippen LogP contribution in [-0.2, 0) is 0 Å². The molecule has 0 bridgehead atoms. The van der Waals surface area contributed by atoms with E-state index in [0.29, 0.717) is 5.11 Å². The summed E-state index contributed by atoms with van der Waals surface area (Å²) in [7, 11) is 0. The molecule has 6 nitrogen and oxygen atoms in total. The number of thiocarbonyl (C=S) groups is 1. The first kappa shape index (κ1) is 18.2. The quantitative estimate of drug-likeness (QED) is 0.381. The molecule has 0 saturated heterocycles. The number of hydrogen-bond donors (Lipinski definition) is 4. The first-order valence-electron chi connectivity index (χ1n) is 9.07. The summed E-state index contributed by atoms with van der Waals surface area (Å²) in [5.41, 5.74) is 5.83. The molecule has 0 saturated carbocycles. The summed E-state index contributed by atoms with van der Waals surface area (Å²) in [6.07, 6.45) is 3.77. The third-order valence-corrected chi connectivity index (χ3v) is 4.32. The van der Waals surface area contributed by atoms with Gasteiger partial charge in [-0.25, -0.2) is 9.97 Å². The number of hydrogen-bond acceptors (Lipinski definition) is 3. The molecule has 0 aliphatic heterocycles. The fourth-order valence-electron chi connectivity index (χ4n) is 2.97. The number of benzene rings is 1. The van der Waals surface area contributed by atoms with E-state index in [1.165, 1.54) is 0 Å². The largest absolute Gasteiger partial charge is 0.360 e. The van der Waals surface area contributed by atoms with Gasteiger partial charge in [0.1, 0.15) is 11.4 Å². The van der Waals surface area contributed by atoms with E-state index in [9.17, 15) is 0 Å². The smallest absolute Gasteiger partial charge is 0.171 e. The molecule has 0 aliphatic carbocycles. The summed E-state index contributed by atoms with van der Waals surface area (Å²) in [5.74, 6) is 0. The summed E-state index contributed by atoms with van der Waals surface area (Å²) in [4.78, 5) is 16.2. The number of aromatic amines is 2. The lowest BCUT2D eigenvalue weighted by molar-refractivity contribution is 0.515. The van der Waals surface area contributed by atoms with Gasteiger partial charge >= 0.3 is 0 Å². The zero-order valence-corrected chi connectivity index (χ0v) is 16.8. The van der Waals surface area contributed by atoms with E-state index in [4.69, 9.17) is 22.2 Å². The van der Waals surface area contributed by atoms with Crippen molar-refractivity contribution in [2.24, 2.45) is 0 Å². The van der Waals surface area contributed by atoms with Crippen LogP contribution in [0.5, 0.6) is 0 Å². The van der Waals surface area contributed by atoms with Crippen LogP contribution in [-0.4, -0.2) is 30.6 Å². The highest BCUT2D eigenvalue weighted by molar-refractivity contribution is 7.80. The Morgan fingerprint density at radius 3 is 2.04 bits per heavy atom. The molecule has 28 heavy (non-hydrogen) atoms. The second kappa shape index (κ2) is 7.09. The highest BCUT2D eigenvalue weighted by Crippen LogP contribution is 2.30. The molecule has 0 radical (unpaired) electrons. The van der Waals surface area contributed by atoms with E-state index in [1.54, 1.807) is 0 Å². The number of anilines is 1. The summed E-state index contributed by atoms with van der Waals surface area (Å²) < 4.78 is 0. The fraction of sp³-hybridized carbons (Fsp3) is 0.190. The highest BCUT2D eigenvalue weighted by Gasteiger charge is 2.15. The Balaban J connectivity index is 1.75. The van der Waals surface area contributed by atoms with E-state index in [1.807, 2.05) is 54.9 Å². The number of nitrogens with one attached hydrogen (secondary N) is 4. The van der Waals surface area contributed by atoms with Crippen LogP contribution in [0.25, 0.3) is 33.8 Å². The molecule has 0 amide bonds. The molecule has 7 heteroatoms. The van der Waals surface area contributed by atoms with Gasteiger partial charge in [0.05, 0.1) is 22.4 Å². The van der Waals surface area contributed by atoms with Crippen LogP contribution in [0.3, 0.4) is 0 Å². The maximum absolute atomic E-state index is 5.41. The predicted molar refractivity (Wildman–Crippen MR) is 118 cm³/mol. The summed E-state index contributed by atoms with van der Waals surface area (Å²) >= 11 is 5.41. The van der Waals surface area contributed by atoms with Gasteiger partial charge in [-0.1, -0.05) is 0 Å². The lowest BCUT2D eigenvalue weighted by atomic mass is 10.1. The molecule has 0 atom stereocenters. The van der Waals surface area contributed by atoms with Crippen LogP contribution in [0.4, 0.5) is 5.69 Å². The van der Waals surface area contributed by atoms with Crippen molar-refractivity contribution in [1.82, 2.24) is 25.3 Å². The van der Waals surface area contributed by atoms with Crippen LogP contribution in [0.15, 0.2) is 54.9 Å². The van der Waals surface area contributed by atoms with Gasteiger partial charge in [0.25, 0.3) is 0 Å². The Bertz CT molecular complexity index is 1110. The SMILES string of the molecule is CC(C)(C)NC(=S)Nc1ccc2nc(-c3ccc[nH]3)c(-c3ccc[nH]3)nc2c1. The molecule has 1 aromatic carbocycles. The highest BCUT2D eigenvalue weighted by atomic mass is 32.1. The van der Waals surface area contributed by atoms with E-state index in [0.717, 1.165) is 39.5 Å². The average Bonchev–Trinajstić information content (AvgIpc) is 3.32. The van der Waals surface area contributed by atoms with Crippen molar-refractivity contribution in [3.8, 4) is 22.8 Å². The minimum absolute atomic E-state index is 0.105. The maximum Gasteiger partial charge on any atom is 0.171 e. The van der Waals surface area contributed by atoms with Crippen LogP contribution in [0.2, 0.25) is 0 Å². The van der Waals surface area contributed by atoms with Crippen molar-refractivity contribution >= 4 is 34.1 Å². The number of rotatable bonds is 3. The fourth-order valence-corrected chi connectivity index (χ4v) is 3.39. The van der Waals surface area contributed by atoms with Crippen LogP contribution in [0.1, 0.15) is 20.8 Å². The van der Waals surface area contributed by atoms with Gasteiger partial charge in [-0.05, 0) is 75.5 Å². The number of nitrogens with zero attached hydrogens (tertiary/aromatic N) is 2. The van der Waals surface area contributed by atoms with Crippen molar-refractivity contribution in [2.75, 3.05) is 5.32 Å². The monoisotopic (exact) mass is 390 g/mol. The molecule has 0 unspecified atom stereocenters. The molecular weight excluding hydrogens is 368 g/mol.